The fraction of sp³-hybridized carbons (Fsp3) is 0.867. The van der Waals surface area contributed by atoms with Crippen LogP contribution in [0.25, 0.3) is 0 Å². The Labute approximate surface area is 231 Å². The summed E-state index contributed by atoms with van der Waals surface area (Å²) in [4.78, 5) is 54.0. The van der Waals surface area contributed by atoms with Crippen molar-refractivity contribution >= 4 is 24.3 Å². The Morgan fingerprint density at radius 1 is 0.447 bits per heavy atom. The van der Waals surface area contributed by atoms with E-state index in [4.69, 9.17) is 0 Å². The molecule has 0 fully saturated rings. The van der Waals surface area contributed by atoms with Crippen LogP contribution in [0.4, 0.5) is 0 Å². The zero-order valence-electron chi connectivity index (χ0n) is 24.0. The Hall–Kier alpha value is -2.48. The van der Waals surface area contributed by atoms with Gasteiger partial charge >= 0.3 is 0 Å². The Kier molecular flexibility index (Phi) is 36.4. The molecular weight excluding hydrogens is 480 g/mol. The smallest absolute Gasteiger partial charge is 0.211 e. The van der Waals surface area contributed by atoms with Crippen molar-refractivity contribution in [1.29, 1.82) is 0 Å². The molecule has 0 rings (SSSR count). The Morgan fingerprint density at radius 3 is 1.18 bits per heavy atom. The van der Waals surface area contributed by atoms with E-state index < -0.39 is 0 Å². The monoisotopic (exact) mass is 532 g/mol. The molecule has 8 nitrogen and oxygen atoms in total. The van der Waals surface area contributed by atoms with Crippen LogP contribution < -0.4 is 0 Å². The molecule has 216 valence electrons. The molecule has 0 spiro atoms. The van der Waals surface area contributed by atoms with Crippen LogP contribution in [0.5, 0.6) is 0 Å². The van der Waals surface area contributed by atoms with Crippen LogP contribution in [0.3, 0.4) is 0 Å². The average molecular weight is 533 g/mol. The first-order valence-electron chi connectivity index (χ1n) is 14.9. The third-order valence-electron chi connectivity index (χ3n) is 6.41. The van der Waals surface area contributed by atoms with Crippen LogP contribution in [0.1, 0.15) is 142 Å². The summed E-state index contributed by atoms with van der Waals surface area (Å²) < 4.78 is 0. The first-order valence-corrected chi connectivity index (χ1v) is 14.9. The molecule has 0 aliphatic rings. The van der Waals surface area contributed by atoms with Gasteiger partial charge in [0, 0.05) is 0 Å². The molecule has 0 aromatic rings. The highest BCUT2D eigenvalue weighted by Crippen LogP contribution is 2.13. The summed E-state index contributed by atoms with van der Waals surface area (Å²) in [7, 11) is 0. The van der Waals surface area contributed by atoms with Crippen molar-refractivity contribution in [2.24, 2.45) is 20.0 Å². The molecule has 0 heterocycles. The van der Waals surface area contributed by atoms with Gasteiger partial charge in [0.15, 0.2) is 0 Å². The third-order valence-corrected chi connectivity index (χ3v) is 6.41. The molecule has 38 heavy (non-hydrogen) atoms. The predicted molar refractivity (Wildman–Crippen MR) is 154 cm³/mol. The Balaban J connectivity index is 0. The number of rotatable bonds is 27. The summed E-state index contributed by atoms with van der Waals surface area (Å²) in [5.74, 6) is 0. The fourth-order valence-electron chi connectivity index (χ4n) is 4.17. The molecule has 0 bridgehead atoms. The second-order valence-electron chi connectivity index (χ2n) is 9.76. The standard InChI is InChI=1S/C16H28N2O2.C14H24N2O2/c19-15-17-13-11-9-7-5-3-1-2-4-6-8-10-12-14-18-16-20;1-2-3-4-5-6-7-8-9-10-14(16-13-18)11-15-12-17/h1-14H2;14H,2-11H2,1H3. The first-order chi connectivity index (χ1) is 18.8. The van der Waals surface area contributed by atoms with E-state index in [0.717, 1.165) is 32.1 Å². The molecule has 0 aliphatic heterocycles. The maximum absolute atomic E-state index is 10.2. The molecule has 0 aliphatic carbocycles. The Morgan fingerprint density at radius 2 is 0.816 bits per heavy atom. The van der Waals surface area contributed by atoms with Crippen molar-refractivity contribution in [3.63, 3.8) is 0 Å². The van der Waals surface area contributed by atoms with Gasteiger partial charge in [-0.3, -0.25) is 0 Å². The summed E-state index contributed by atoms with van der Waals surface area (Å²) in [6, 6.07) is -0.191. The number of nitrogens with zero attached hydrogens (tertiary/aromatic N) is 4. The zero-order chi connectivity index (χ0) is 28.2. The van der Waals surface area contributed by atoms with Crippen molar-refractivity contribution in [3.8, 4) is 0 Å². The second kappa shape index (κ2) is 36.7. The summed E-state index contributed by atoms with van der Waals surface area (Å²) in [6.45, 7) is 3.76. The van der Waals surface area contributed by atoms with Gasteiger partial charge in [-0.25, -0.2) is 39.1 Å². The molecule has 1 atom stereocenters. The van der Waals surface area contributed by atoms with Crippen molar-refractivity contribution < 1.29 is 19.2 Å². The van der Waals surface area contributed by atoms with Crippen molar-refractivity contribution in [2.45, 2.75) is 148 Å². The minimum Gasteiger partial charge on any atom is -0.211 e. The minimum absolute atomic E-state index is 0.191. The van der Waals surface area contributed by atoms with Crippen LogP contribution in [-0.4, -0.2) is 50.0 Å². The lowest BCUT2D eigenvalue weighted by atomic mass is 10.0. The molecule has 0 saturated heterocycles. The highest BCUT2D eigenvalue weighted by atomic mass is 16.1. The molecule has 0 saturated carbocycles. The van der Waals surface area contributed by atoms with E-state index in [1.807, 2.05) is 0 Å². The number of hydrogen-bond acceptors (Lipinski definition) is 8. The van der Waals surface area contributed by atoms with Gasteiger partial charge in [0.2, 0.25) is 24.3 Å². The van der Waals surface area contributed by atoms with E-state index in [1.165, 1.54) is 115 Å². The number of isocyanates is 4. The van der Waals surface area contributed by atoms with E-state index in [2.05, 4.69) is 26.9 Å². The van der Waals surface area contributed by atoms with Gasteiger partial charge in [-0.15, -0.1) is 0 Å². The quantitative estimate of drug-likeness (QED) is 0.0607. The van der Waals surface area contributed by atoms with Crippen LogP contribution >= 0.6 is 0 Å². The van der Waals surface area contributed by atoms with E-state index >= 15 is 0 Å². The van der Waals surface area contributed by atoms with Crippen molar-refractivity contribution in [2.75, 3.05) is 19.6 Å². The number of carbonyl (C=O) groups excluding carboxylic acids is 4. The summed E-state index contributed by atoms with van der Waals surface area (Å²) in [5, 5.41) is 0. The van der Waals surface area contributed by atoms with Gasteiger partial charge in [0.1, 0.15) is 0 Å². The van der Waals surface area contributed by atoms with E-state index in [-0.39, 0.29) is 12.6 Å². The normalized spacial score (nSPS) is 10.6. The molecule has 8 heteroatoms. The van der Waals surface area contributed by atoms with Gasteiger partial charge in [-0.1, -0.05) is 122 Å². The van der Waals surface area contributed by atoms with Gasteiger partial charge < -0.3 is 0 Å². The van der Waals surface area contributed by atoms with Crippen molar-refractivity contribution in [1.82, 2.24) is 0 Å². The summed E-state index contributed by atoms with van der Waals surface area (Å²) in [6.07, 6.45) is 31.7. The average Bonchev–Trinajstić information content (AvgIpc) is 2.93. The minimum atomic E-state index is -0.191. The second-order valence-corrected chi connectivity index (χ2v) is 9.76. The molecule has 0 aromatic heterocycles. The Bertz CT molecular complexity index is 660. The zero-order valence-corrected chi connectivity index (χ0v) is 24.0. The largest absolute Gasteiger partial charge is 0.235 e. The van der Waals surface area contributed by atoms with Crippen LogP contribution in [0.15, 0.2) is 20.0 Å². The highest BCUT2D eigenvalue weighted by molar-refractivity contribution is 5.35. The maximum Gasteiger partial charge on any atom is 0.235 e. The SMILES string of the molecule is CCCCCCCCCCC(CN=C=O)N=C=O.O=C=NCCCCCCCCCCCCCCN=C=O. The van der Waals surface area contributed by atoms with Crippen molar-refractivity contribution in [3.05, 3.63) is 0 Å². The highest BCUT2D eigenvalue weighted by Gasteiger charge is 2.05. The number of hydrogen-bond donors (Lipinski definition) is 0. The van der Waals surface area contributed by atoms with Gasteiger partial charge in [-0.2, -0.15) is 0 Å². The lowest BCUT2D eigenvalue weighted by molar-refractivity contribution is 0.518. The lowest BCUT2D eigenvalue weighted by Crippen LogP contribution is -2.08. The molecular formula is C30H52N4O4. The van der Waals surface area contributed by atoms with Gasteiger partial charge in [0.25, 0.3) is 0 Å². The summed E-state index contributed by atoms with van der Waals surface area (Å²) >= 11 is 0. The van der Waals surface area contributed by atoms with E-state index in [9.17, 15) is 19.2 Å². The fourth-order valence-corrected chi connectivity index (χ4v) is 4.17. The van der Waals surface area contributed by atoms with Crippen LogP contribution in [0.2, 0.25) is 0 Å². The summed E-state index contributed by atoms with van der Waals surface area (Å²) in [5.41, 5.74) is 0. The first kappa shape index (κ1) is 37.7. The number of unbranched alkanes of at least 4 members (excludes halogenated alkanes) is 18. The molecule has 0 radical (unpaired) electrons. The maximum atomic E-state index is 10.2. The molecule has 0 N–H and O–H groups in total. The topological polar surface area (TPSA) is 118 Å². The molecule has 0 aromatic carbocycles. The van der Waals surface area contributed by atoms with E-state index in [1.54, 1.807) is 12.2 Å². The predicted octanol–water partition coefficient (Wildman–Crippen LogP) is 7.90. The van der Waals surface area contributed by atoms with Crippen LogP contribution in [0, 0.1) is 0 Å². The van der Waals surface area contributed by atoms with Gasteiger partial charge in [0.05, 0.1) is 25.7 Å². The van der Waals surface area contributed by atoms with Gasteiger partial charge in [-0.05, 0) is 19.3 Å². The van der Waals surface area contributed by atoms with E-state index in [0.29, 0.717) is 13.1 Å². The number of aliphatic imine (C=N–C) groups is 4. The molecule has 0 amide bonds. The lowest BCUT2D eigenvalue weighted by Gasteiger charge is -2.06. The van der Waals surface area contributed by atoms with Crippen LogP contribution in [-0.2, 0) is 19.2 Å². The molecule has 1 unspecified atom stereocenters. The third kappa shape index (κ3) is 35.7.